The third-order valence-corrected chi connectivity index (χ3v) is 2.43. The molecule has 0 radical (unpaired) electrons. The number of imidazole rings is 1. The number of hydrogen-bond donors (Lipinski definition) is 2. The summed E-state index contributed by atoms with van der Waals surface area (Å²) < 4.78 is 1.97. The molecule has 0 unspecified atom stereocenters. The Balaban J connectivity index is 2.04. The molecule has 90 valence electrons. The summed E-state index contributed by atoms with van der Waals surface area (Å²) in [6.45, 7) is 0.266. The molecule has 0 fully saturated rings. The molecule has 0 saturated heterocycles. The van der Waals surface area contributed by atoms with Crippen LogP contribution in [0.15, 0.2) is 24.3 Å². The first-order chi connectivity index (χ1) is 8.18. The average Bonchev–Trinajstić information content (AvgIpc) is 2.63. The van der Waals surface area contributed by atoms with Gasteiger partial charge < -0.3 is 10.3 Å². The van der Waals surface area contributed by atoms with Crippen molar-refractivity contribution in [2.75, 3.05) is 6.61 Å². The van der Waals surface area contributed by atoms with Gasteiger partial charge in [-0.15, -0.1) is 0 Å². The van der Waals surface area contributed by atoms with Crippen molar-refractivity contribution < 1.29 is 9.63 Å². The summed E-state index contributed by atoms with van der Waals surface area (Å²) in [6.07, 6.45) is 0. The molecule has 6 nitrogen and oxygen atoms in total. The topological polar surface area (TPSA) is 82.2 Å². The predicted molar refractivity (Wildman–Crippen MR) is 62.7 cm³/mol. The Kier molecular flexibility index (Phi) is 3.36. The SMILES string of the molecule is Cn1c(CNOCC(N)=O)nc2ccccc21. The zero-order valence-electron chi connectivity index (χ0n) is 9.51. The summed E-state index contributed by atoms with van der Waals surface area (Å²) in [6, 6.07) is 7.85. The van der Waals surface area contributed by atoms with Crippen LogP contribution >= 0.6 is 0 Å². The maximum absolute atomic E-state index is 10.5. The largest absolute Gasteiger partial charge is 0.368 e. The third kappa shape index (κ3) is 2.61. The van der Waals surface area contributed by atoms with Crippen molar-refractivity contribution in [2.45, 2.75) is 6.54 Å². The van der Waals surface area contributed by atoms with Crippen LogP contribution in [0, 0.1) is 0 Å². The first-order valence-corrected chi connectivity index (χ1v) is 5.22. The van der Waals surface area contributed by atoms with Crippen molar-refractivity contribution in [3.63, 3.8) is 0 Å². The molecule has 0 aliphatic rings. The van der Waals surface area contributed by atoms with Gasteiger partial charge in [-0.05, 0) is 12.1 Å². The number of nitrogens with one attached hydrogen (secondary N) is 1. The lowest BCUT2D eigenvalue weighted by Crippen LogP contribution is -2.25. The molecule has 6 heteroatoms. The van der Waals surface area contributed by atoms with Crippen molar-refractivity contribution in [1.82, 2.24) is 15.0 Å². The summed E-state index contributed by atoms with van der Waals surface area (Å²) in [5.41, 5.74) is 9.58. The summed E-state index contributed by atoms with van der Waals surface area (Å²) in [5.74, 6) is 0.318. The second kappa shape index (κ2) is 4.94. The van der Waals surface area contributed by atoms with E-state index in [0.29, 0.717) is 6.54 Å². The molecule has 1 amide bonds. The molecule has 1 aromatic heterocycles. The van der Waals surface area contributed by atoms with Crippen molar-refractivity contribution in [2.24, 2.45) is 12.8 Å². The van der Waals surface area contributed by atoms with E-state index in [1.165, 1.54) is 0 Å². The Morgan fingerprint density at radius 3 is 3.00 bits per heavy atom. The van der Waals surface area contributed by atoms with Crippen molar-refractivity contribution >= 4 is 16.9 Å². The number of para-hydroxylation sites is 2. The molecule has 2 rings (SSSR count). The van der Waals surface area contributed by atoms with E-state index in [9.17, 15) is 4.79 Å². The molecule has 17 heavy (non-hydrogen) atoms. The van der Waals surface area contributed by atoms with E-state index >= 15 is 0 Å². The first-order valence-electron chi connectivity index (χ1n) is 5.22. The minimum atomic E-state index is -0.512. The highest BCUT2D eigenvalue weighted by atomic mass is 16.6. The molecule has 1 aromatic carbocycles. The highest BCUT2D eigenvalue weighted by Gasteiger charge is 2.06. The molecular weight excluding hydrogens is 220 g/mol. The molecule has 1 heterocycles. The van der Waals surface area contributed by atoms with E-state index in [0.717, 1.165) is 16.9 Å². The zero-order valence-corrected chi connectivity index (χ0v) is 9.51. The third-order valence-electron chi connectivity index (χ3n) is 2.43. The lowest BCUT2D eigenvalue weighted by molar-refractivity contribution is -0.125. The van der Waals surface area contributed by atoms with Gasteiger partial charge in [-0.3, -0.25) is 9.63 Å². The smallest absolute Gasteiger partial charge is 0.245 e. The Bertz CT molecular complexity index is 535. The fourth-order valence-electron chi connectivity index (χ4n) is 1.59. The summed E-state index contributed by atoms with van der Waals surface area (Å²) in [5, 5.41) is 0. The molecule has 0 aliphatic carbocycles. The van der Waals surface area contributed by atoms with Crippen LogP contribution < -0.4 is 11.2 Å². The highest BCUT2D eigenvalue weighted by molar-refractivity contribution is 5.75. The van der Waals surface area contributed by atoms with Gasteiger partial charge in [0, 0.05) is 7.05 Å². The second-order valence-corrected chi connectivity index (χ2v) is 3.65. The fourth-order valence-corrected chi connectivity index (χ4v) is 1.59. The first kappa shape index (κ1) is 11.6. The molecule has 0 aliphatic heterocycles. The number of aromatic nitrogens is 2. The van der Waals surface area contributed by atoms with E-state index < -0.39 is 5.91 Å². The number of aryl methyl sites for hydroxylation is 1. The minimum absolute atomic E-state index is 0.149. The van der Waals surface area contributed by atoms with E-state index in [-0.39, 0.29) is 6.61 Å². The number of amides is 1. The maximum Gasteiger partial charge on any atom is 0.245 e. The molecule has 0 saturated carbocycles. The zero-order chi connectivity index (χ0) is 12.3. The van der Waals surface area contributed by atoms with Crippen LogP contribution in [0.2, 0.25) is 0 Å². The Hall–Kier alpha value is -1.92. The number of hydroxylamine groups is 1. The predicted octanol–water partition coefficient (Wildman–Crippen LogP) is 0.0798. The number of rotatable bonds is 5. The fraction of sp³-hybridized carbons (Fsp3) is 0.273. The van der Waals surface area contributed by atoms with Crippen molar-refractivity contribution in [3.8, 4) is 0 Å². The van der Waals surface area contributed by atoms with Crippen LogP contribution in [-0.4, -0.2) is 22.1 Å². The van der Waals surface area contributed by atoms with Gasteiger partial charge in [0.1, 0.15) is 12.4 Å². The van der Waals surface area contributed by atoms with Gasteiger partial charge in [0.15, 0.2) is 0 Å². The van der Waals surface area contributed by atoms with Crippen LogP contribution in [0.3, 0.4) is 0 Å². The molecule has 0 atom stereocenters. The molecular formula is C11H14N4O2. The number of nitrogens with two attached hydrogens (primary N) is 1. The number of nitrogens with zero attached hydrogens (tertiary/aromatic N) is 2. The molecule has 2 aromatic rings. The number of carbonyl (C=O) groups excluding carboxylic acids is 1. The lowest BCUT2D eigenvalue weighted by atomic mass is 10.3. The van der Waals surface area contributed by atoms with E-state index in [1.54, 1.807) is 0 Å². The average molecular weight is 234 g/mol. The van der Waals surface area contributed by atoms with Crippen LogP contribution in [0.4, 0.5) is 0 Å². The van der Waals surface area contributed by atoms with Gasteiger partial charge in [-0.25, -0.2) is 4.98 Å². The number of hydrogen-bond acceptors (Lipinski definition) is 4. The van der Waals surface area contributed by atoms with E-state index in [2.05, 4.69) is 10.5 Å². The Morgan fingerprint density at radius 2 is 2.29 bits per heavy atom. The van der Waals surface area contributed by atoms with Crippen LogP contribution in [0.1, 0.15) is 5.82 Å². The van der Waals surface area contributed by atoms with Gasteiger partial charge in [0.25, 0.3) is 0 Å². The maximum atomic E-state index is 10.5. The molecule has 0 spiro atoms. The van der Waals surface area contributed by atoms with Crippen molar-refractivity contribution in [3.05, 3.63) is 30.1 Å². The van der Waals surface area contributed by atoms with Gasteiger partial charge in [-0.2, -0.15) is 5.48 Å². The summed E-state index contributed by atoms with van der Waals surface area (Å²) >= 11 is 0. The Morgan fingerprint density at radius 1 is 1.53 bits per heavy atom. The molecule has 0 bridgehead atoms. The molecule has 3 N–H and O–H groups in total. The lowest BCUT2D eigenvalue weighted by Gasteiger charge is -2.04. The van der Waals surface area contributed by atoms with Crippen LogP contribution in [0.25, 0.3) is 11.0 Å². The van der Waals surface area contributed by atoms with E-state index in [4.69, 9.17) is 10.6 Å². The van der Waals surface area contributed by atoms with E-state index in [1.807, 2.05) is 35.9 Å². The quantitative estimate of drug-likeness (QED) is 0.567. The number of carbonyl (C=O) groups is 1. The van der Waals surface area contributed by atoms with Crippen LogP contribution in [0.5, 0.6) is 0 Å². The van der Waals surface area contributed by atoms with Gasteiger partial charge in [0.05, 0.1) is 17.6 Å². The standard InChI is InChI=1S/C11H14N4O2/c1-15-9-5-3-2-4-8(9)14-11(15)6-13-17-7-10(12)16/h2-5,13H,6-7H2,1H3,(H2,12,16). The van der Waals surface area contributed by atoms with Crippen molar-refractivity contribution in [1.29, 1.82) is 0 Å². The van der Waals surface area contributed by atoms with Gasteiger partial charge >= 0.3 is 0 Å². The van der Waals surface area contributed by atoms with Gasteiger partial charge in [-0.1, -0.05) is 12.1 Å². The normalized spacial score (nSPS) is 10.9. The number of fused-ring (bicyclic) bond motifs is 1. The summed E-state index contributed by atoms with van der Waals surface area (Å²) in [7, 11) is 1.93. The minimum Gasteiger partial charge on any atom is -0.368 e. The van der Waals surface area contributed by atoms with Crippen LogP contribution in [-0.2, 0) is 23.2 Å². The van der Waals surface area contributed by atoms with Gasteiger partial charge in [0.2, 0.25) is 5.91 Å². The number of benzene rings is 1. The highest BCUT2D eigenvalue weighted by Crippen LogP contribution is 2.13. The second-order valence-electron chi connectivity index (χ2n) is 3.65. The number of primary amides is 1. The monoisotopic (exact) mass is 234 g/mol. The Labute approximate surface area is 98.3 Å². The summed E-state index contributed by atoms with van der Waals surface area (Å²) in [4.78, 5) is 19.8.